The van der Waals surface area contributed by atoms with E-state index in [2.05, 4.69) is 20.3 Å². The van der Waals surface area contributed by atoms with E-state index in [1.54, 1.807) is 24.5 Å². The van der Waals surface area contributed by atoms with Gasteiger partial charge in [0, 0.05) is 24.4 Å². The lowest BCUT2D eigenvalue weighted by atomic mass is 9.98. The zero-order valence-corrected chi connectivity index (χ0v) is 17.2. The molecule has 30 heavy (non-hydrogen) atoms. The van der Waals surface area contributed by atoms with Gasteiger partial charge in [-0.05, 0) is 63.5 Å². The molecule has 3 aromatic rings. The molecule has 0 saturated carbocycles. The molecule has 0 aromatic carbocycles. The Labute approximate surface area is 175 Å². The summed E-state index contributed by atoms with van der Waals surface area (Å²) in [7, 11) is 0. The number of carbonyl (C=O) groups is 1. The normalized spacial score (nSPS) is 16.7. The van der Waals surface area contributed by atoms with Gasteiger partial charge in [-0.25, -0.2) is 15.0 Å². The average molecular weight is 403 g/mol. The molecule has 7 heteroatoms. The summed E-state index contributed by atoms with van der Waals surface area (Å²) < 4.78 is 5.29. The van der Waals surface area contributed by atoms with Crippen LogP contribution in [0.3, 0.4) is 0 Å². The first-order valence-corrected chi connectivity index (χ1v) is 10.2. The van der Waals surface area contributed by atoms with Crippen molar-refractivity contribution in [3.05, 3.63) is 71.7 Å². The number of nitrogens with one attached hydrogen (secondary N) is 1. The molecule has 0 bridgehead atoms. The number of likely N-dealkylation sites (tertiary alicyclic amines) is 1. The second-order valence-electron chi connectivity index (χ2n) is 7.41. The lowest BCUT2D eigenvalue weighted by Gasteiger charge is -2.35. The number of hydrogen-bond donors (Lipinski definition) is 1. The van der Waals surface area contributed by atoms with Crippen molar-refractivity contribution in [3.8, 4) is 0 Å². The summed E-state index contributed by atoms with van der Waals surface area (Å²) in [6.45, 7) is 4.52. The Balaban J connectivity index is 1.57. The van der Waals surface area contributed by atoms with Crippen LogP contribution < -0.4 is 5.32 Å². The summed E-state index contributed by atoms with van der Waals surface area (Å²) in [4.78, 5) is 28.4. The monoisotopic (exact) mass is 403 g/mol. The molecule has 1 aliphatic rings. The zero-order valence-electron chi connectivity index (χ0n) is 17.2. The van der Waals surface area contributed by atoms with E-state index in [0.717, 1.165) is 36.5 Å². The quantitative estimate of drug-likeness (QED) is 0.627. The molecule has 154 valence electrons. The van der Waals surface area contributed by atoms with Crippen LogP contribution in [0.5, 0.6) is 0 Å². The predicted octanol–water partition coefficient (Wildman–Crippen LogP) is 4.59. The molecule has 0 aliphatic carbocycles. The van der Waals surface area contributed by atoms with Crippen molar-refractivity contribution in [2.75, 3.05) is 11.9 Å². The Morgan fingerprint density at radius 3 is 2.83 bits per heavy atom. The van der Waals surface area contributed by atoms with E-state index in [-0.39, 0.29) is 11.9 Å². The van der Waals surface area contributed by atoms with E-state index in [1.807, 2.05) is 49.1 Å². The van der Waals surface area contributed by atoms with Gasteiger partial charge in [0.2, 0.25) is 5.91 Å². The number of amides is 1. The number of hydrogen-bond acceptors (Lipinski definition) is 6. The average Bonchev–Trinajstić information content (AvgIpc) is 3.25. The first kappa shape index (κ1) is 19.8. The second-order valence-corrected chi connectivity index (χ2v) is 7.41. The van der Waals surface area contributed by atoms with E-state index < -0.39 is 0 Å². The van der Waals surface area contributed by atoms with Gasteiger partial charge < -0.3 is 14.6 Å². The largest absolute Gasteiger partial charge is 0.465 e. The van der Waals surface area contributed by atoms with E-state index in [9.17, 15) is 4.79 Å². The molecule has 0 spiro atoms. The minimum atomic E-state index is -0.0831. The molecule has 7 nitrogen and oxygen atoms in total. The van der Waals surface area contributed by atoms with Crippen LogP contribution in [0.4, 0.5) is 11.6 Å². The standard InChI is InChI=1S/C23H25N5O2/c1-16-7-5-10-21(24-16)27-22-15-19(25-17(2)26-22)20-9-3-4-13-28(20)23(29)12-11-18-8-6-14-30-18/h5-8,10-12,14-15,20H,3-4,9,13H2,1-2H3,(H,24,25,26,27)/b12-11+/t20-/m0/s1. The number of rotatable bonds is 5. The van der Waals surface area contributed by atoms with E-state index >= 15 is 0 Å². The Morgan fingerprint density at radius 1 is 1.13 bits per heavy atom. The molecule has 1 N–H and O–H groups in total. The van der Waals surface area contributed by atoms with Crippen LogP contribution in [0, 0.1) is 13.8 Å². The Hall–Kier alpha value is -3.48. The van der Waals surface area contributed by atoms with E-state index in [1.165, 1.54) is 0 Å². The maximum atomic E-state index is 12.9. The molecule has 3 aromatic heterocycles. The summed E-state index contributed by atoms with van der Waals surface area (Å²) in [6.07, 6.45) is 7.78. The van der Waals surface area contributed by atoms with Gasteiger partial charge in [-0.15, -0.1) is 0 Å². The topological polar surface area (TPSA) is 84.2 Å². The second kappa shape index (κ2) is 8.90. The fraction of sp³-hybridized carbons (Fsp3) is 0.304. The van der Waals surface area contributed by atoms with Gasteiger partial charge in [0.15, 0.2) is 0 Å². The maximum Gasteiger partial charge on any atom is 0.247 e. The van der Waals surface area contributed by atoms with Crippen LogP contribution in [0.25, 0.3) is 6.08 Å². The number of carbonyl (C=O) groups excluding carboxylic acids is 1. The van der Waals surface area contributed by atoms with Crippen LogP contribution >= 0.6 is 0 Å². The van der Waals surface area contributed by atoms with Crippen LogP contribution in [-0.2, 0) is 4.79 Å². The van der Waals surface area contributed by atoms with Crippen LogP contribution in [-0.4, -0.2) is 32.3 Å². The molecule has 1 fully saturated rings. The summed E-state index contributed by atoms with van der Waals surface area (Å²) in [6, 6.07) is 11.3. The third-order valence-corrected chi connectivity index (χ3v) is 5.06. The number of furan rings is 1. The number of aryl methyl sites for hydroxylation is 2. The first-order valence-electron chi connectivity index (χ1n) is 10.2. The van der Waals surface area contributed by atoms with Gasteiger partial charge in [0.05, 0.1) is 18.0 Å². The third kappa shape index (κ3) is 4.74. The van der Waals surface area contributed by atoms with Crippen molar-refractivity contribution in [2.24, 2.45) is 0 Å². The number of piperidine rings is 1. The Morgan fingerprint density at radius 2 is 2.03 bits per heavy atom. The molecule has 4 heterocycles. The van der Waals surface area contributed by atoms with Crippen molar-refractivity contribution in [3.63, 3.8) is 0 Å². The first-order chi connectivity index (χ1) is 14.6. The van der Waals surface area contributed by atoms with Crippen molar-refractivity contribution in [1.82, 2.24) is 19.9 Å². The molecular weight excluding hydrogens is 378 g/mol. The highest BCUT2D eigenvalue weighted by Crippen LogP contribution is 2.31. The fourth-order valence-corrected chi connectivity index (χ4v) is 3.71. The van der Waals surface area contributed by atoms with Gasteiger partial charge in [-0.3, -0.25) is 4.79 Å². The maximum absolute atomic E-state index is 12.9. The van der Waals surface area contributed by atoms with Crippen molar-refractivity contribution >= 4 is 23.6 Å². The smallest absolute Gasteiger partial charge is 0.247 e. The van der Waals surface area contributed by atoms with Gasteiger partial charge >= 0.3 is 0 Å². The minimum absolute atomic E-state index is 0.0396. The zero-order chi connectivity index (χ0) is 20.9. The van der Waals surface area contributed by atoms with E-state index in [4.69, 9.17) is 4.42 Å². The lowest BCUT2D eigenvalue weighted by molar-refractivity contribution is -0.129. The highest BCUT2D eigenvalue weighted by atomic mass is 16.3. The number of aromatic nitrogens is 3. The van der Waals surface area contributed by atoms with Gasteiger partial charge in [0.1, 0.15) is 23.2 Å². The number of pyridine rings is 1. The van der Waals surface area contributed by atoms with Gasteiger partial charge in [-0.2, -0.15) is 0 Å². The summed E-state index contributed by atoms with van der Waals surface area (Å²) >= 11 is 0. The fourth-order valence-electron chi connectivity index (χ4n) is 3.71. The van der Waals surface area contributed by atoms with Crippen LogP contribution in [0.15, 0.2) is 53.2 Å². The molecular formula is C23H25N5O2. The van der Waals surface area contributed by atoms with Crippen LogP contribution in [0.1, 0.15) is 48.3 Å². The Kier molecular flexibility index (Phi) is 5.88. The lowest BCUT2D eigenvalue weighted by Crippen LogP contribution is -2.38. The molecule has 1 saturated heterocycles. The highest BCUT2D eigenvalue weighted by molar-refractivity contribution is 5.91. The molecule has 1 amide bonds. The molecule has 0 radical (unpaired) electrons. The van der Waals surface area contributed by atoms with E-state index in [0.29, 0.717) is 23.9 Å². The summed E-state index contributed by atoms with van der Waals surface area (Å²) in [5.41, 5.74) is 1.77. The molecule has 0 unspecified atom stereocenters. The van der Waals surface area contributed by atoms with Crippen molar-refractivity contribution in [2.45, 2.75) is 39.2 Å². The molecule has 1 atom stereocenters. The number of nitrogens with zero attached hydrogens (tertiary/aromatic N) is 4. The van der Waals surface area contributed by atoms with Gasteiger partial charge in [0.25, 0.3) is 0 Å². The SMILES string of the molecule is Cc1cccc(Nc2cc([C@@H]3CCCCN3C(=O)/C=C/c3ccco3)nc(C)n2)n1. The third-order valence-electron chi connectivity index (χ3n) is 5.06. The van der Waals surface area contributed by atoms with Gasteiger partial charge in [-0.1, -0.05) is 6.07 Å². The summed E-state index contributed by atoms with van der Waals surface area (Å²) in [5, 5.41) is 3.26. The minimum Gasteiger partial charge on any atom is -0.465 e. The molecule has 4 rings (SSSR count). The highest BCUT2D eigenvalue weighted by Gasteiger charge is 2.28. The van der Waals surface area contributed by atoms with Crippen molar-refractivity contribution < 1.29 is 9.21 Å². The predicted molar refractivity (Wildman–Crippen MR) is 115 cm³/mol. The Bertz CT molecular complexity index is 1050. The number of anilines is 2. The van der Waals surface area contributed by atoms with Crippen molar-refractivity contribution in [1.29, 1.82) is 0 Å². The molecule has 1 aliphatic heterocycles. The van der Waals surface area contributed by atoms with Crippen LogP contribution in [0.2, 0.25) is 0 Å². The summed E-state index contributed by atoms with van der Waals surface area (Å²) in [5.74, 6) is 2.69.